The number of hydrogen-bond donors (Lipinski definition) is 2. The number of aromatic nitrogens is 3. The lowest BCUT2D eigenvalue weighted by Gasteiger charge is -2.26. The Morgan fingerprint density at radius 1 is 1.31 bits per heavy atom. The predicted molar refractivity (Wildman–Crippen MR) is 57.2 cm³/mol. The summed E-state index contributed by atoms with van der Waals surface area (Å²) in [6.07, 6.45) is 0. The van der Waals surface area contributed by atoms with Gasteiger partial charge in [0, 0.05) is 13.1 Å². The second-order valence-corrected chi connectivity index (χ2v) is 3.19. The third-order valence-electron chi connectivity index (χ3n) is 2.21. The van der Waals surface area contributed by atoms with E-state index < -0.39 is 0 Å². The molecule has 0 aliphatic carbocycles. The molecule has 3 N–H and O–H groups in total. The summed E-state index contributed by atoms with van der Waals surface area (Å²) in [6.45, 7) is 2.83. The summed E-state index contributed by atoms with van der Waals surface area (Å²) in [4.78, 5) is 14.2. The van der Waals surface area contributed by atoms with Crippen molar-refractivity contribution in [2.45, 2.75) is 0 Å². The maximum Gasteiger partial charge on any atom is 0.322 e. The molecule has 88 valence electrons. The standard InChI is InChI=1S/C8H14N6O2/c1-15-8-11-6(13-9)10-7(12-8)14-2-4-16-5-3-14/h2-5,9H2,1H3,(H,10,11,12,13). The van der Waals surface area contributed by atoms with Gasteiger partial charge in [0.05, 0.1) is 20.3 Å². The molecule has 1 aliphatic heterocycles. The van der Waals surface area contributed by atoms with E-state index in [1.54, 1.807) is 0 Å². The van der Waals surface area contributed by atoms with E-state index >= 15 is 0 Å². The number of ether oxygens (including phenoxy) is 2. The topological polar surface area (TPSA) is 98.4 Å². The highest BCUT2D eigenvalue weighted by Gasteiger charge is 2.16. The van der Waals surface area contributed by atoms with Gasteiger partial charge in [0.2, 0.25) is 11.9 Å². The van der Waals surface area contributed by atoms with Gasteiger partial charge >= 0.3 is 6.01 Å². The van der Waals surface area contributed by atoms with Crippen LogP contribution >= 0.6 is 0 Å². The molecule has 0 saturated carbocycles. The van der Waals surface area contributed by atoms with Crippen molar-refractivity contribution >= 4 is 11.9 Å². The minimum absolute atomic E-state index is 0.240. The van der Waals surface area contributed by atoms with Crippen LogP contribution in [0.1, 0.15) is 0 Å². The Morgan fingerprint density at radius 3 is 2.69 bits per heavy atom. The number of rotatable bonds is 3. The van der Waals surface area contributed by atoms with Gasteiger partial charge in [0.25, 0.3) is 0 Å². The van der Waals surface area contributed by atoms with Gasteiger partial charge in [-0.25, -0.2) is 5.84 Å². The van der Waals surface area contributed by atoms with Crippen molar-refractivity contribution in [1.29, 1.82) is 0 Å². The Morgan fingerprint density at radius 2 is 2.06 bits per heavy atom. The van der Waals surface area contributed by atoms with Crippen molar-refractivity contribution in [2.75, 3.05) is 43.7 Å². The van der Waals surface area contributed by atoms with Crippen LogP contribution in [-0.4, -0.2) is 48.4 Å². The third kappa shape index (κ3) is 2.28. The summed E-state index contributed by atoms with van der Waals surface area (Å²) in [6, 6.07) is 0.240. The van der Waals surface area contributed by atoms with Gasteiger partial charge in [-0.05, 0) is 0 Å². The SMILES string of the molecule is COc1nc(NN)nc(N2CCOCC2)n1. The van der Waals surface area contributed by atoms with Crippen LogP contribution < -0.4 is 20.9 Å². The number of hydrazine groups is 1. The first-order valence-corrected chi connectivity index (χ1v) is 4.93. The minimum atomic E-state index is 0.240. The van der Waals surface area contributed by atoms with Crippen LogP contribution in [0.3, 0.4) is 0 Å². The monoisotopic (exact) mass is 226 g/mol. The molecule has 0 amide bonds. The first kappa shape index (κ1) is 10.8. The molecule has 1 aromatic rings. The van der Waals surface area contributed by atoms with E-state index in [2.05, 4.69) is 20.4 Å². The van der Waals surface area contributed by atoms with E-state index in [4.69, 9.17) is 15.3 Å². The number of nitrogens with two attached hydrogens (primary N) is 1. The molecule has 0 radical (unpaired) electrons. The molecule has 2 rings (SSSR count). The fourth-order valence-corrected chi connectivity index (χ4v) is 1.41. The van der Waals surface area contributed by atoms with Gasteiger partial charge in [-0.1, -0.05) is 0 Å². The van der Waals surface area contributed by atoms with Crippen LogP contribution in [0.2, 0.25) is 0 Å². The molecular formula is C8H14N6O2. The molecule has 0 atom stereocenters. The molecule has 1 fully saturated rings. The van der Waals surface area contributed by atoms with E-state index in [-0.39, 0.29) is 12.0 Å². The predicted octanol–water partition coefficient (Wildman–Crippen LogP) is -0.998. The average molecular weight is 226 g/mol. The van der Waals surface area contributed by atoms with E-state index in [1.165, 1.54) is 7.11 Å². The molecule has 1 aromatic heterocycles. The van der Waals surface area contributed by atoms with Gasteiger partial charge in [0.15, 0.2) is 0 Å². The maximum atomic E-state index is 5.27. The number of anilines is 2. The number of morpholine rings is 1. The lowest BCUT2D eigenvalue weighted by molar-refractivity contribution is 0.122. The van der Waals surface area contributed by atoms with Crippen molar-refractivity contribution < 1.29 is 9.47 Å². The lowest BCUT2D eigenvalue weighted by atomic mass is 10.4. The molecule has 0 aromatic carbocycles. The van der Waals surface area contributed by atoms with Crippen LogP contribution in [-0.2, 0) is 4.74 Å². The van der Waals surface area contributed by atoms with Crippen LogP contribution in [0.4, 0.5) is 11.9 Å². The quantitative estimate of drug-likeness (QED) is 0.500. The first-order valence-electron chi connectivity index (χ1n) is 4.93. The van der Waals surface area contributed by atoms with Gasteiger partial charge < -0.3 is 14.4 Å². The van der Waals surface area contributed by atoms with Crippen LogP contribution in [0, 0.1) is 0 Å². The number of methoxy groups -OCH3 is 1. The molecule has 2 heterocycles. The molecular weight excluding hydrogens is 212 g/mol. The summed E-state index contributed by atoms with van der Waals surface area (Å²) >= 11 is 0. The number of nitrogens with one attached hydrogen (secondary N) is 1. The largest absolute Gasteiger partial charge is 0.467 e. The summed E-state index contributed by atoms with van der Waals surface area (Å²) in [5.74, 6) is 6.10. The Bertz CT molecular complexity index is 332. The molecule has 0 spiro atoms. The number of nitrogens with zero attached hydrogens (tertiary/aromatic N) is 4. The summed E-state index contributed by atoms with van der Waals surface area (Å²) in [5, 5.41) is 0. The molecule has 0 unspecified atom stereocenters. The Balaban J connectivity index is 2.24. The molecule has 1 saturated heterocycles. The second kappa shape index (κ2) is 4.90. The zero-order chi connectivity index (χ0) is 11.4. The van der Waals surface area contributed by atoms with Crippen molar-refractivity contribution in [3.63, 3.8) is 0 Å². The summed E-state index contributed by atoms with van der Waals surface area (Å²) in [7, 11) is 1.50. The maximum absolute atomic E-state index is 5.27. The first-order chi connectivity index (χ1) is 7.83. The molecule has 0 bridgehead atoms. The van der Waals surface area contributed by atoms with Crippen molar-refractivity contribution in [3.05, 3.63) is 0 Å². The van der Waals surface area contributed by atoms with Crippen LogP contribution in [0.5, 0.6) is 6.01 Å². The summed E-state index contributed by atoms with van der Waals surface area (Å²) in [5.41, 5.74) is 2.38. The highest BCUT2D eigenvalue weighted by molar-refractivity contribution is 5.37. The smallest absolute Gasteiger partial charge is 0.322 e. The van der Waals surface area contributed by atoms with Gasteiger partial charge in [-0.2, -0.15) is 15.0 Å². The molecule has 8 heteroatoms. The van der Waals surface area contributed by atoms with Gasteiger partial charge in [-0.15, -0.1) is 0 Å². The normalized spacial score (nSPS) is 16.0. The second-order valence-electron chi connectivity index (χ2n) is 3.19. The highest BCUT2D eigenvalue weighted by Crippen LogP contribution is 2.15. The van der Waals surface area contributed by atoms with E-state index in [0.717, 1.165) is 13.1 Å². The van der Waals surface area contributed by atoms with E-state index in [1.807, 2.05) is 4.90 Å². The fourth-order valence-electron chi connectivity index (χ4n) is 1.41. The third-order valence-corrected chi connectivity index (χ3v) is 2.21. The van der Waals surface area contributed by atoms with E-state index in [0.29, 0.717) is 19.2 Å². The lowest BCUT2D eigenvalue weighted by Crippen LogP contribution is -2.37. The van der Waals surface area contributed by atoms with Crippen LogP contribution in [0.15, 0.2) is 0 Å². The van der Waals surface area contributed by atoms with E-state index in [9.17, 15) is 0 Å². The average Bonchev–Trinajstić information content (AvgIpc) is 2.39. The zero-order valence-electron chi connectivity index (χ0n) is 9.01. The molecule has 1 aliphatic rings. The van der Waals surface area contributed by atoms with Gasteiger partial charge in [0.1, 0.15) is 0 Å². The Hall–Kier alpha value is -1.67. The van der Waals surface area contributed by atoms with Crippen molar-refractivity contribution in [1.82, 2.24) is 15.0 Å². The minimum Gasteiger partial charge on any atom is -0.467 e. The van der Waals surface area contributed by atoms with Crippen molar-refractivity contribution in [3.8, 4) is 6.01 Å². The fraction of sp³-hybridized carbons (Fsp3) is 0.625. The Kier molecular flexibility index (Phi) is 3.32. The summed E-state index contributed by atoms with van der Waals surface area (Å²) < 4.78 is 10.2. The zero-order valence-corrected chi connectivity index (χ0v) is 9.01. The Labute approximate surface area is 92.8 Å². The highest BCUT2D eigenvalue weighted by atomic mass is 16.5. The van der Waals surface area contributed by atoms with Crippen molar-refractivity contribution in [2.24, 2.45) is 5.84 Å². The number of hydrogen-bond acceptors (Lipinski definition) is 8. The molecule has 16 heavy (non-hydrogen) atoms. The van der Waals surface area contributed by atoms with Crippen LogP contribution in [0.25, 0.3) is 0 Å². The van der Waals surface area contributed by atoms with Gasteiger partial charge in [-0.3, -0.25) is 5.43 Å². The molecule has 8 nitrogen and oxygen atoms in total. The number of nitrogen functional groups attached to an aromatic ring is 1.